The second-order valence-corrected chi connectivity index (χ2v) is 8.28. The lowest BCUT2D eigenvalue weighted by Gasteiger charge is -2.34. The summed E-state index contributed by atoms with van der Waals surface area (Å²) in [5.74, 6) is 2.32. The monoisotopic (exact) mass is 485 g/mol. The maximum Gasteiger partial charge on any atom is 0.225 e. The number of carbonyl (C=O) groups is 2. The van der Waals surface area contributed by atoms with Crippen LogP contribution >= 0.6 is 0 Å². The first-order valence-corrected chi connectivity index (χ1v) is 11.7. The topological polar surface area (TPSA) is 89.6 Å². The number of hydrogen-bond donors (Lipinski definition) is 1. The lowest BCUT2D eigenvalue weighted by atomic mass is 10.1. The van der Waals surface area contributed by atoms with Crippen LogP contribution in [0, 0.1) is 0 Å². The van der Waals surface area contributed by atoms with Crippen molar-refractivity contribution < 1.29 is 28.5 Å². The molecule has 35 heavy (non-hydrogen) atoms. The lowest BCUT2D eigenvalue weighted by Crippen LogP contribution is -2.49. The third kappa shape index (κ3) is 7.26. The molecule has 1 fully saturated rings. The molecule has 1 saturated heterocycles. The Hall–Kier alpha value is -3.46. The van der Waals surface area contributed by atoms with E-state index in [1.165, 1.54) is 21.3 Å². The van der Waals surface area contributed by atoms with Crippen molar-refractivity contribution in [1.82, 2.24) is 9.80 Å². The predicted octanol–water partition coefficient (Wildman–Crippen LogP) is 2.83. The minimum absolute atomic E-state index is 0.0997. The molecule has 1 heterocycles. The van der Waals surface area contributed by atoms with Crippen LogP contribution in [0.15, 0.2) is 36.4 Å². The van der Waals surface area contributed by atoms with Gasteiger partial charge in [0.2, 0.25) is 17.6 Å². The van der Waals surface area contributed by atoms with Crippen molar-refractivity contribution in [2.75, 3.05) is 66.5 Å². The Balaban J connectivity index is 1.40. The van der Waals surface area contributed by atoms with E-state index in [-0.39, 0.29) is 11.8 Å². The number of carbonyl (C=O) groups excluding carboxylic acids is 2. The highest BCUT2D eigenvalue weighted by molar-refractivity contribution is 5.91. The summed E-state index contributed by atoms with van der Waals surface area (Å²) < 4.78 is 21.2. The number of nitrogens with zero attached hydrogens (tertiary/aromatic N) is 2. The maximum atomic E-state index is 12.6. The Morgan fingerprint density at radius 3 is 2.00 bits per heavy atom. The average Bonchev–Trinajstić information content (AvgIpc) is 2.90. The molecule has 1 aliphatic heterocycles. The van der Waals surface area contributed by atoms with E-state index in [0.717, 1.165) is 24.4 Å². The molecular formula is C26H35N3O6. The summed E-state index contributed by atoms with van der Waals surface area (Å²) >= 11 is 0. The van der Waals surface area contributed by atoms with E-state index >= 15 is 0 Å². The Morgan fingerprint density at radius 2 is 1.46 bits per heavy atom. The number of methoxy groups -OCH3 is 4. The molecule has 0 atom stereocenters. The van der Waals surface area contributed by atoms with E-state index in [2.05, 4.69) is 10.2 Å². The number of amides is 2. The van der Waals surface area contributed by atoms with Crippen LogP contribution in [0.2, 0.25) is 0 Å². The van der Waals surface area contributed by atoms with Gasteiger partial charge in [0.05, 0.1) is 28.4 Å². The minimum atomic E-state index is -0.0997. The quantitative estimate of drug-likeness (QED) is 0.524. The van der Waals surface area contributed by atoms with E-state index in [4.69, 9.17) is 18.9 Å². The van der Waals surface area contributed by atoms with Crippen molar-refractivity contribution >= 4 is 17.5 Å². The van der Waals surface area contributed by atoms with Gasteiger partial charge >= 0.3 is 0 Å². The Bertz CT molecular complexity index is 962. The Morgan fingerprint density at radius 1 is 0.829 bits per heavy atom. The van der Waals surface area contributed by atoms with Crippen molar-refractivity contribution in [3.8, 4) is 23.0 Å². The van der Waals surface area contributed by atoms with Gasteiger partial charge in [0.15, 0.2) is 11.5 Å². The van der Waals surface area contributed by atoms with Gasteiger partial charge in [0, 0.05) is 63.4 Å². The highest BCUT2D eigenvalue weighted by atomic mass is 16.5. The molecule has 1 aliphatic rings. The van der Waals surface area contributed by atoms with E-state index in [9.17, 15) is 9.59 Å². The van der Waals surface area contributed by atoms with Crippen LogP contribution in [0.25, 0.3) is 0 Å². The lowest BCUT2D eigenvalue weighted by molar-refractivity contribution is -0.133. The van der Waals surface area contributed by atoms with Crippen LogP contribution in [0.3, 0.4) is 0 Å². The molecule has 0 spiro atoms. The first-order valence-electron chi connectivity index (χ1n) is 11.7. The summed E-state index contributed by atoms with van der Waals surface area (Å²) in [6.07, 6.45) is 1.55. The molecule has 9 heteroatoms. The normalized spacial score (nSPS) is 13.8. The van der Waals surface area contributed by atoms with Gasteiger partial charge in [-0.15, -0.1) is 0 Å². The fraction of sp³-hybridized carbons (Fsp3) is 0.462. The van der Waals surface area contributed by atoms with Gasteiger partial charge in [-0.3, -0.25) is 14.5 Å². The summed E-state index contributed by atoms with van der Waals surface area (Å²) in [6, 6.07) is 11.2. The van der Waals surface area contributed by atoms with Crippen molar-refractivity contribution in [1.29, 1.82) is 0 Å². The molecule has 0 aliphatic carbocycles. The van der Waals surface area contributed by atoms with Crippen molar-refractivity contribution in [3.63, 3.8) is 0 Å². The van der Waals surface area contributed by atoms with Crippen LogP contribution in [0.1, 0.15) is 18.4 Å². The highest BCUT2D eigenvalue weighted by Gasteiger charge is 2.21. The zero-order valence-electron chi connectivity index (χ0n) is 21.0. The fourth-order valence-corrected chi connectivity index (χ4v) is 4.06. The maximum absolute atomic E-state index is 12.6. The Kier molecular flexibility index (Phi) is 9.60. The van der Waals surface area contributed by atoms with Crippen LogP contribution in [0.5, 0.6) is 23.0 Å². The smallest absolute Gasteiger partial charge is 0.225 e. The molecule has 0 radical (unpaired) electrons. The van der Waals surface area contributed by atoms with Crippen molar-refractivity contribution in [2.45, 2.75) is 19.3 Å². The minimum Gasteiger partial charge on any atom is -0.497 e. The van der Waals surface area contributed by atoms with Gasteiger partial charge in [-0.25, -0.2) is 0 Å². The highest BCUT2D eigenvalue weighted by Crippen LogP contribution is 2.39. The average molecular weight is 486 g/mol. The summed E-state index contributed by atoms with van der Waals surface area (Å²) in [4.78, 5) is 29.3. The number of ether oxygens (including phenoxy) is 4. The molecule has 190 valence electrons. The zero-order valence-corrected chi connectivity index (χ0v) is 21.0. The van der Waals surface area contributed by atoms with Gasteiger partial charge in [-0.1, -0.05) is 12.1 Å². The molecule has 3 rings (SSSR count). The summed E-state index contributed by atoms with van der Waals surface area (Å²) in [7, 11) is 6.24. The van der Waals surface area contributed by atoms with Crippen LogP contribution in [0.4, 0.5) is 5.69 Å². The van der Waals surface area contributed by atoms with Gasteiger partial charge in [0.1, 0.15) is 5.75 Å². The predicted molar refractivity (Wildman–Crippen MR) is 134 cm³/mol. The molecule has 0 bridgehead atoms. The van der Waals surface area contributed by atoms with Crippen LogP contribution in [-0.4, -0.2) is 82.8 Å². The molecule has 2 aromatic rings. The second-order valence-electron chi connectivity index (χ2n) is 8.28. The van der Waals surface area contributed by atoms with Gasteiger partial charge in [0.25, 0.3) is 0 Å². The van der Waals surface area contributed by atoms with Crippen LogP contribution < -0.4 is 24.3 Å². The number of hydrogen-bond acceptors (Lipinski definition) is 7. The number of rotatable bonds is 11. The molecule has 2 aromatic carbocycles. The van der Waals surface area contributed by atoms with E-state index in [1.807, 2.05) is 29.2 Å². The SMILES string of the molecule is COc1ccc(CCC(=O)N2CCN(CCC(=O)Nc3cc(OC)c(OC)c(OC)c3)CC2)cc1. The third-order valence-electron chi connectivity index (χ3n) is 6.12. The van der Waals surface area contributed by atoms with E-state index in [1.54, 1.807) is 19.2 Å². The molecule has 0 unspecified atom stereocenters. The first-order chi connectivity index (χ1) is 17.0. The summed E-state index contributed by atoms with van der Waals surface area (Å²) in [5.41, 5.74) is 1.70. The molecule has 0 saturated carbocycles. The molecule has 1 N–H and O–H groups in total. The summed E-state index contributed by atoms with van der Waals surface area (Å²) in [6.45, 7) is 3.49. The number of benzene rings is 2. The van der Waals surface area contributed by atoms with E-state index < -0.39 is 0 Å². The number of nitrogens with one attached hydrogen (secondary N) is 1. The number of aryl methyl sites for hydroxylation is 1. The molecule has 2 amide bonds. The molecule has 0 aromatic heterocycles. The van der Waals surface area contributed by atoms with Gasteiger partial charge < -0.3 is 29.2 Å². The zero-order chi connectivity index (χ0) is 25.2. The van der Waals surface area contributed by atoms with Gasteiger partial charge in [-0.2, -0.15) is 0 Å². The van der Waals surface area contributed by atoms with Crippen molar-refractivity contribution in [2.24, 2.45) is 0 Å². The largest absolute Gasteiger partial charge is 0.497 e. The summed E-state index contributed by atoms with van der Waals surface area (Å²) in [5, 5.41) is 2.90. The molecule has 9 nitrogen and oxygen atoms in total. The number of anilines is 1. The third-order valence-corrected chi connectivity index (χ3v) is 6.12. The molecular weight excluding hydrogens is 450 g/mol. The number of piperazine rings is 1. The second kappa shape index (κ2) is 12.9. The van der Waals surface area contributed by atoms with Crippen LogP contribution in [-0.2, 0) is 16.0 Å². The van der Waals surface area contributed by atoms with Crippen molar-refractivity contribution in [3.05, 3.63) is 42.0 Å². The van der Waals surface area contributed by atoms with E-state index in [0.29, 0.717) is 61.8 Å². The fourth-order valence-electron chi connectivity index (χ4n) is 4.06. The van der Waals surface area contributed by atoms with Gasteiger partial charge in [-0.05, 0) is 24.1 Å². The standard InChI is InChI=1S/C26H35N3O6/c1-32-21-8-5-19(6-9-21)7-10-25(31)29-15-13-28(14-16-29)12-11-24(30)27-20-17-22(33-2)26(35-4)23(18-20)34-3/h5-6,8-9,17-18H,7,10-16H2,1-4H3,(H,27,30). The Labute approximate surface area is 206 Å². The first kappa shape index (κ1) is 26.2.